The van der Waals surface area contributed by atoms with E-state index in [0.29, 0.717) is 24.8 Å². The normalized spacial score (nSPS) is 16.5. The molecule has 0 fully saturated rings. The fourth-order valence-corrected chi connectivity index (χ4v) is 3.69. The Morgan fingerprint density at radius 3 is 2.06 bits per heavy atom. The highest BCUT2D eigenvalue weighted by Gasteiger charge is 2.29. The molecule has 0 aromatic carbocycles. The van der Waals surface area contributed by atoms with Crippen molar-refractivity contribution in [2.24, 2.45) is 17.6 Å². The molecule has 0 aliphatic carbocycles. The van der Waals surface area contributed by atoms with Crippen LogP contribution in [0.15, 0.2) is 0 Å². The Labute approximate surface area is 106 Å². The van der Waals surface area contributed by atoms with Gasteiger partial charge >= 0.3 is 0 Å². The van der Waals surface area contributed by atoms with E-state index >= 15 is 0 Å². The molecule has 1 atom stereocenters. The second-order valence-corrected chi connectivity index (χ2v) is 7.81. The van der Waals surface area contributed by atoms with Crippen LogP contribution in [0.2, 0.25) is 0 Å². The molecule has 0 radical (unpaired) electrons. The van der Waals surface area contributed by atoms with Crippen LogP contribution in [0.3, 0.4) is 0 Å². The van der Waals surface area contributed by atoms with E-state index < -0.39 is 15.6 Å². The Hall–Kier alpha value is -0.130. The SMILES string of the molecule is CC(C)CCS(=O)(=O)NC(C)(CN)CC(C)C. The van der Waals surface area contributed by atoms with Crippen molar-refractivity contribution >= 4 is 10.0 Å². The van der Waals surface area contributed by atoms with Crippen LogP contribution in [0.4, 0.5) is 0 Å². The molecular weight excluding hydrogens is 236 g/mol. The van der Waals surface area contributed by atoms with Gasteiger partial charge in [-0.05, 0) is 31.6 Å². The summed E-state index contributed by atoms with van der Waals surface area (Å²) in [6.45, 7) is 10.4. The van der Waals surface area contributed by atoms with Crippen molar-refractivity contribution in [3.05, 3.63) is 0 Å². The molecule has 4 nitrogen and oxygen atoms in total. The monoisotopic (exact) mass is 264 g/mol. The van der Waals surface area contributed by atoms with E-state index in [0.717, 1.165) is 6.42 Å². The zero-order chi connectivity index (χ0) is 13.7. The topological polar surface area (TPSA) is 72.2 Å². The number of hydrogen-bond acceptors (Lipinski definition) is 3. The average Bonchev–Trinajstić information content (AvgIpc) is 2.13. The lowest BCUT2D eigenvalue weighted by atomic mass is 9.92. The molecule has 104 valence electrons. The van der Waals surface area contributed by atoms with E-state index in [9.17, 15) is 8.42 Å². The van der Waals surface area contributed by atoms with Crippen molar-refractivity contribution < 1.29 is 8.42 Å². The Morgan fingerprint density at radius 2 is 1.71 bits per heavy atom. The summed E-state index contributed by atoms with van der Waals surface area (Å²) >= 11 is 0. The van der Waals surface area contributed by atoms with Gasteiger partial charge in [0.1, 0.15) is 0 Å². The molecule has 0 rings (SSSR count). The van der Waals surface area contributed by atoms with E-state index in [2.05, 4.69) is 18.6 Å². The van der Waals surface area contributed by atoms with Crippen LogP contribution in [-0.2, 0) is 10.0 Å². The number of rotatable bonds is 8. The first-order chi connectivity index (χ1) is 7.60. The van der Waals surface area contributed by atoms with Gasteiger partial charge < -0.3 is 5.73 Å². The molecule has 0 spiro atoms. The van der Waals surface area contributed by atoms with Gasteiger partial charge in [-0.2, -0.15) is 0 Å². The fourth-order valence-electron chi connectivity index (χ4n) is 1.89. The highest BCUT2D eigenvalue weighted by molar-refractivity contribution is 7.89. The maximum atomic E-state index is 11.9. The highest BCUT2D eigenvalue weighted by Crippen LogP contribution is 2.17. The number of nitrogens with two attached hydrogens (primary N) is 1. The van der Waals surface area contributed by atoms with Crippen LogP contribution in [0.25, 0.3) is 0 Å². The first-order valence-electron chi connectivity index (χ1n) is 6.32. The van der Waals surface area contributed by atoms with Crippen LogP contribution < -0.4 is 10.5 Å². The minimum absolute atomic E-state index is 0.179. The van der Waals surface area contributed by atoms with Crippen LogP contribution in [0, 0.1) is 11.8 Å². The lowest BCUT2D eigenvalue weighted by Gasteiger charge is -2.30. The van der Waals surface area contributed by atoms with Crippen molar-refractivity contribution in [3.63, 3.8) is 0 Å². The van der Waals surface area contributed by atoms with Crippen LogP contribution in [-0.4, -0.2) is 26.3 Å². The van der Waals surface area contributed by atoms with Crippen LogP contribution >= 0.6 is 0 Å². The van der Waals surface area contributed by atoms with Crippen molar-refractivity contribution in [1.82, 2.24) is 4.72 Å². The van der Waals surface area contributed by atoms with E-state index in [1.165, 1.54) is 0 Å². The molecular formula is C12H28N2O2S. The van der Waals surface area contributed by atoms with E-state index in [-0.39, 0.29) is 5.75 Å². The molecule has 0 aliphatic rings. The summed E-state index contributed by atoms with van der Waals surface area (Å²) in [4.78, 5) is 0. The van der Waals surface area contributed by atoms with Crippen LogP contribution in [0.5, 0.6) is 0 Å². The summed E-state index contributed by atoms with van der Waals surface area (Å²) < 4.78 is 26.6. The first kappa shape index (κ1) is 16.9. The fraction of sp³-hybridized carbons (Fsp3) is 1.00. The minimum atomic E-state index is -3.22. The largest absolute Gasteiger partial charge is 0.329 e. The molecule has 0 aromatic heterocycles. The molecule has 0 bridgehead atoms. The van der Waals surface area contributed by atoms with Crippen molar-refractivity contribution in [2.75, 3.05) is 12.3 Å². The molecule has 3 N–H and O–H groups in total. The number of nitrogens with one attached hydrogen (secondary N) is 1. The van der Waals surface area contributed by atoms with Crippen LogP contribution in [0.1, 0.15) is 47.5 Å². The van der Waals surface area contributed by atoms with E-state index in [1.54, 1.807) is 0 Å². The average molecular weight is 264 g/mol. The van der Waals surface area contributed by atoms with E-state index in [1.807, 2.05) is 20.8 Å². The minimum Gasteiger partial charge on any atom is -0.329 e. The smallest absolute Gasteiger partial charge is 0.212 e. The maximum Gasteiger partial charge on any atom is 0.212 e. The van der Waals surface area contributed by atoms with Crippen molar-refractivity contribution in [3.8, 4) is 0 Å². The third-order valence-electron chi connectivity index (χ3n) is 2.68. The predicted octanol–water partition coefficient (Wildman–Crippen LogP) is 1.72. The van der Waals surface area contributed by atoms with Gasteiger partial charge in [0, 0.05) is 12.1 Å². The summed E-state index contributed by atoms with van der Waals surface area (Å²) in [5.74, 6) is 0.982. The van der Waals surface area contributed by atoms with Gasteiger partial charge in [0.05, 0.1) is 5.75 Å². The summed E-state index contributed by atoms with van der Waals surface area (Å²) in [5, 5.41) is 0. The zero-order valence-corrected chi connectivity index (χ0v) is 12.6. The van der Waals surface area contributed by atoms with Gasteiger partial charge in [-0.15, -0.1) is 0 Å². The van der Waals surface area contributed by atoms with Crippen molar-refractivity contribution in [2.45, 2.75) is 53.0 Å². The molecule has 0 saturated carbocycles. The Bertz CT molecular complexity index is 312. The van der Waals surface area contributed by atoms with Gasteiger partial charge in [0.15, 0.2) is 0 Å². The Morgan fingerprint density at radius 1 is 1.18 bits per heavy atom. The summed E-state index contributed by atoms with van der Waals surface area (Å²) in [6.07, 6.45) is 1.43. The lowest BCUT2D eigenvalue weighted by molar-refractivity contribution is 0.344. The van der Waals surface area contributed by atoms with Gasteiger partial charge in [-0.1, -0.05) is 27.7 Å². The Balaban J connectivity index is 4.54. The standard InChI is InChI=1S/C12H28N2O2S/c1-10(2)6-7-17(15,16)14-12(5,9-13)8-11(3)4/h10-11,14H,6-9,13H2,1-5H3. The lowest BCUT2D eigenvalue weighted by Crippen LogP contribution is -2.52. The Kier molecular flexibility index (Phi) is 6.66. The number of hydrogen-bond donors (Lipinski definition) is 2. The molecule has 5 heteroatoms. The summed E-state index contributed by atoms with van der Waals surface area (Å²) in [5.41, 5.74) is 5.17. The van der Waals surface area contributed by atoms with Crippen molar-refractivity contribution in [1.29, 1.82) is 0 Å². The maximum absolute atomic E-state index is 11.9. The molecule has 0 aromatic rings. The number of sulfonamides is 1. The van der Waals surface area contributed by atoms with Gasteiger partial charge in [-0.25, -0.2) is 13.1 Å². The molecule has 17 heavy (non-hydrogen) atoms. The summed E-state index contributed by atoms with van der Waals surface area (Å²) in [6, 6.07) is 0. The van der Waals surface area contributed by atoms with Gasteiger partial charge in [0.2, 0.25) is 10.0 Å². The van der Waals surface area contributed by atoms with Gasteiger partial charge in [0.25, 0.3) is 0 Å². The van der Waals surface area contributed by atoms with Gasteiger partial charge in [-0.3, -0.25) is 0 Å². The zero-order valence-electron chi connectivity index (χ0n) is 11.8. The molecule has 1 unspecified atom stereocenters. The summed E-state index contributed by atoms with van der Waals surface area (Å²) in [7, 11) is -3.22. The third-order valence-corrected chi connectivity index (χ3v) is 4.25. The molecule has 0 saturated heterocycles. The first-order valence-corrected chi connectivity index (χ1v) is 7.97. The second-order valence-electron chi connectivity index (χ2n) is 5.97. The molecule has 0 amide bonds. The highest BCUT2D eigenvalue weighted by atomic mass is 32.2. The molecule has 0 heterocycles. The molecule has 0 aliphatic heterocycles. The predicted molar refractivity (Wildman–Crippen MR) is 73.3 cm³/mol. The second kappa shape index (κ2) is 6.71. The quantitative estimate of drug-likeness (QED) is 0.701. The van der Waals surface area contributed by atoms with E-state index in [4.69, 9.17) is 5.73 Å². The third kappa shape index (κ3) is 7.73.